The molecule has 0 unspecified atom stereocenters. The van der Waals surface area contributed by atoms with Gasteiger partial charge in [-0.25, -0.2) is 0 Å². The maximum absolute atomic E-state index is 13.0. The van der Waals surface area contributed by atoms with Crippen LogP contribution in [-0.2, 0) is 0 Å². The smallest absolute Gasteiger partial charge is 0.252 e. The van der Waals surface area contributed by atoms with E-state index in [4.69, 9.17) is 0 Å². The van der Waals surface area contributed by atoms with Crippen LogP contribution in [0.5, 0.6) is 0 Å². The van der Waals surface area contributed by atoms with Gasteiger partial charge in [-0.05, 0) is 87.3 Å². The highest BCUT2D eigenvalue weighted by Crippen LogP contribution is 2.21. The Bertz CT molecular complexity index is 944. The molecule has 0 fully saturated rings. The van der Waals surface area contributed by atoms with Crippen LogP contribution in [0.4, 0.5) is 0 Å². The van der Waals surface area contributed by atoms with E-state index in [0.29, 0.717) is 24.5 Å². The second-order valence-electron chi connectivity index (χ2n) is 13.0. The number of hydrogen-bond donors (Lipinski definition) is 2. The van der Waals surface area contributed by atoms with Crippen LogP contribution in [-0.4, -0.2) is 61.1 Å². The third-order valence-corrected chi connectivity index (χ3v) is 8.87. The van der Waals surface area contributed by atoms with Crippen LogP contribution >= 0.6 is 0 Å². The summed E-state index contributed by atoms with van der Waals surface area (Å²) in [6.45, 7) is 14.3. The van der Waals surface area contributed by atoms with Crippen molar-refractivity contribution < 1.29 is 9.59 Å². The molecule has 0 aliphatic rings. The second-order valence-corrected chi connectivity index (χ2v) is 13.0. The Balaban J connectivity index is 1.88. The van der Waals surface area contributed by atoms with Crippen molar-refractivity contribution in [1.29, 1.82) is 0 Å². The minimum Gasteiger partial charge on any atom is -0.339 e. The van der Waals surface area contributed by atoms with Crippen molar-refractivity contribution in [3.8, 4) is 11.1 Å². The molecule has 2 aromatic rings. The van der Waals surface area contributed by atoms with Crippen molar-refractivity contribution in [2.45, 2.75) is 130 Å². The number of nitrogens with zero attached hydrogens (tertiary/aromatic N) is 2. The molecule has 6 nitrogen and oxygen atoms in total. The van der Waals surface area contributed by atoms with Crippen LogP contribution in [0.3, 0.4) is 0 Å². The van der Waals surface area contributed by atoms with Crippen LogP contribution in [0, 0.1) is 0 Å². The van der Waals surface area contributed by atoms with Crippen molar-refractivity contribution in [2.24, 2.45) is 0 Å². The Morgan fingerprint density at radius 1 is 0.435 bits per heavy atom. The molecule has 0 radical (unpaired) electrons. The van der Waals surface area contributed by atoms with E-state index in [1.807, 2.05) is 48.5 Å². The average Bonchev–Trinajstić information content (AvgIpc) is 3.09. The van der Waals surface area contributed by atoms with Crippen LogP contribution in [0.15, 0.2) is 48.5 Å². The fraction of sp³-hybridized carbons (Fsp3) is 0.650. The zero-order valence-corrected chi connectivity index (χ0v) is 29.9. The summed E-state index contributed by atoms with van der Waals surface area (Å²) in [6.07, 6.45) is 19.8. The number of carbonyl (C=O) groups excluding carboxylic acids is 2. The van der Waals surface area contributed by atoms with E-state index in [1.54, 1.807) is 0 Å². The highest BCUT2D eigenvalue weighted by atomic mass is 16.2. The Labute approximate surface area is 282 Å². The first-order chi connectivity index (χ1) is 22.5. The summed E-state index contributed by atoms with van der Waals surface area (Å²) in [7, 11) is 0. The van der Waals surface area contributed by atoms with Gasteiger partial charge in [0.25, 0.3) is 11.8 Å². The number of hydrogen-bond acceptors (Lipinski definition) is 4. The lowest BCUT2D eigenvalue weighted by atomic mass is 10.0. The van der Waals surface area contributed by atoms with Crippen LogP contribution < -0.4 is 10.6 Å². The fourth-order valence-electron chi connectivity index (χ4n) is 5.79. The number of unbranched alkanes of at least 4 members (excludes halogenated alkanes) is 12. The zero-order chi connectivity index (χ0) is 33.2. The highest BCUT2D eigenvalue weighted by molar-refractivity contribution is 5.95. The molecule has 6 heteroatoms. The molecule has 0 bridgehead atoms. The molecule has 2 N–H and O–H groups in total. The molecule has 0 atom stereocenters. The molecule has 0 saturated carbocycles. The lowest BCUT2D eigenvalue weighted by Crippen LogP contribution is -2.38. The van der Waals surface area contributed by atoms with E-state index in [0.717, 1.165) is 37.3 Å². The summed E-state index contributed by atoms with van der Waals surface area (Å²) in [6, 6.07) is 15.6. The average molecular weight is 635 g/mol. The normalized spacial score (nSPS) is 11.3. The van der Waals surface area contributed by atoms with Gasteiger partial charge in [-0.2, -0.15) is 0 Å². The number of amides is 2. The predicted octanol–water partition coefficient (Wildman–Crippen LogP) is 9.65. The number of nitrogens with one attached hydrogen (secondary N) is 2. The fourth-order valence-corrected chi connectivity index (χ4v) is 5.79. The molecule has 2 aromatic carbocycles. The Morgan fingerprint density at radius 2 is 0.717 bits per heavy atom. The number of carbonyl (C=O) groups is 2. The molecule has 0 heterocycles. The second kappa shape index (κ2) is 25.4. The van der Waals surface area contributed by atoms with E-state index in [9.17, 15) is 9.59 Å². The van der Waals surface area contributed by atoms with E-state index in [2.05, 4.69) is 48.1 Å². The van der Waals surface area contributed by atoms with E-state index in [1.165, 1.54) is 103 Å². The quantitative estimate of drug-likeness (QED) is 0.0759. The third-order valence-electron chi connectivity index (χ3n) is 8.87. The van der Waals surface area contributed by atoms with Crippen LogP contribution in [0.25, 0.3) is 11.1 Å². The molecule has 258 valence electrons. The summed E-state index contributed by atoms with van der Waals surface area (Å²) in [5.41, 5.74) is 3.40. The predicted molar refractivity (Wildman–Crippen MR) is 196 cm³/mol. The third kappa shape index (κ3) is 16.7. The Kier molecular flexibility index (Phi) is 21.8. The number of benzene rings is 2. The van der Waals surface area contributed by atoms with Crippen molar-refractivity contribution in [3.63, 3.8) is 0 Å². The Morgan fingerprint density at radius 3 is 0.978 bits per heavy atom. The molecule has 0 aliphatic carbocycles. The summed E-state index contributed by atoms with van der Waals surface area (Å²) < 4.78 is 0. The topological polar surface area (TPSA) is 64.7 Å². The SMILES string of the molecule is CCCCCCN(CCCCCC)CNC(=O)c1ccc(-c2ccc(C(=O)NCN(CCCCCC)CCCCCC)cc2)cc1. The van der Waals surface area contributed by atoms with Gasteiger partial charge in [0.2, 0.25) is 0 Å². The Hall–Kier alpha value is -2.70. The van der Waals surface area contributed by atoms with Crippen LogP contribution in [0.1, 0.15) is 151 Å². The summed E-state index contributed by atoms with van der Waals surface area (Å²) in [5.74, 6) is -0.0640. The van der Waals surface area contributed by atoms with Gasteiger partial charge >= 0.3 is 0 Å². The summed E-state index contributed by atoms with van der Waals surface area (Å²) >= 11 is 0. The van der Waals surface area contributed by atoms with Gasteiger partial charge in [-0.15, -0.1) is 0 Å². The molecule has 2 rings (SSSR count). The minimum absolute atomic E-state index is 0.0320. The molecule has 0 spiro atoms. The molecular formula is C40H66N4O2. The highest BCUT2D eigenvalue weighted by Gasteiger charge is 2.12. The molecule has 46 heavy (non-hydrogen) atoms. The monoisotopic (exact) mass is 635 g/mol. The minimum atomic E-state index is -0.0320. The molecule has 0 aliphatic heterocycles. The van der Waals surface area contributed by atoms with E-state index >= 15 is 0 Å². The van der Waals surface area contributed by atoms with Gasteiger partial charge in [0.1, 0.15) is 0 Å². The van der Waals surface area contributed by atoms with Gasteiger partial charge in [-0.3, -0.25) is 19.4 Å². The van der Waals surface area contributed by atoms with Gasteiger partial charge in [0, 0.05) is 11.1 Å². The van der Waals surface area contributed by atoms with Gasteiger partial charge in [0.15, 0.2) is 0 Å². The molecular weight excluding hydrogens is 568 g/mol. The first-order valence-electron chi connectivity index (χ1n) is 18.7. The summed E-state index contributed by atoms with van der Waals surface area (Å²) in [5, 5.41) is 6.30. The number of rotatable bonds is 27. The molecule has 0 saturated heterocycles. The van der Waals surface area contributed by atoms with Gasteiger partial charge < -0.3 is 10.6 Å². The maximum atomic E-state index is 13.0. The first-order valence-corrected chi connectivity index (χ1v) is 18.7. The molecule has 2 amide bonds. The largest absolute Gasteiger partial charge is 0.339 e. The molecule has 0 aromatic heterocycles. The van der Waals surface area contributed by atoms with Crippen molar-refractivity contribution in [1.82, 2.24) is 20.4 Å². The van der Waals surface area contributed by atoms with E-state index in [-0.39, 0.29) is 11.8 Å². The lowest BCUT2D eigenvalue weighted by molar-refractivity contribution is 0.0912. The van der Waals surface area contributed by atoms with Crippen molar-refractivity contribution in [3.05, 3.63) is 59.7 Å². The van der Waals surface area contributed by atoms with Gasteiger partial charge in [-0.1, -0.05) is 129 Å². The zero-order valence-electron chi connectivity index (χ0n) is 29.9. The van der Waals surface area contributed by atoms with E-state index < -0.39 is 0 Å². The first kappa shape index (κ1) is 39.5. The van der Waals surface area contributed by atoms with Crippen LogP contribution in [0.2, 0.25) is 0 Å². The summed E-state index contributed by atoms with van der Waals surface area (Å²) in [4.78, 5) is 30.7. The maximum Gasteiger partial charge on any atom is 0.252 e. The van der Waals surface area contributed by atoms with Crippen molar-refractivity contribution in [2.75, 3.05) is 39.5 Å². The lowest BCUT2D eigenvalue weighted by Gasteiger charge is -2.23. The standard InChI is InChI=1S/C40H66N4O2/c1-5-9-13-17-29-43(30-18-14-10-6-2)33-41-39(45)37-25-21-35(22-26-37)36-23-27-38(28-24-36)40(46)42-34-44(31-19-15-11-7-3)32-20-16-12-8-4/h21-28H,5-20,29-34H2,1-4H3,(H,41,45)(H,42,46). The van der Waals surface area contributed by atoms with Gasteiger partial charge in [0.05, 0.1) is 13.3 Å². The van der Waals surface area contributed by atoms with Crippen molar-refractivity contribution >= 4 is 11.8 Å².